The van der Waals surface area contributed by atoms with Gasteiger partial charge in [-0.25, -0.2) is 0 Å². The number of carbonyl (C=O) groups is 3. The van der Waals surface area contributed by atoms with E-state index >= 15 is 0 Å². The highest BCUT2D eigenvalue weighted by Gasteiger charge is 2.46. The minimum absolute atomic E-state index is 0.159. The molecule has 3 heterocycles. The van der Waals surface area contributed by atoms with Gasteiger partial charge in [0, 0.05) is 58.4 Å². The van der Waals surface area contributed by atoms with E-state index in [9.17, 15) is 14.4 Å². The van der Waals surface area contributed by atoms with Crippen molar-refractivity contribution < 1.29 is 14.4 Å². The predicted molar refractivity (Wildman–Crippen MR) is 124 cm³/mol. The molecule has 1 aromatic rings. The molecule has 3 aliphatic rings. The molecular weight excluding hydrogens is 422 g/mol. The molecule has 0 unspecified atom stereocenters. The molecule has 10 heteroatoms. The third-order valence-corrected chi connectivity index (χ3v) is 7.47. The lowest BCUT2D eigenvalue weighted by Gasteiger charge is -2.41. The van der Waals surface area contributed by atoms with Crippen molar-refractivity contribution in [3.05, 3.63) is 17.5 Å². The summed E-state index contributed by atoms with van der Waals surface area (Å²) in [5.74, 6) is -0.758. The Balaban J connectivity index is 1.38. The average Bonchev–Trinajstić information content (AvgIpc) is 3.23. The summed E-state index contributed by atoms with van der Waals surface area (Å²) in [6.07, 6.45) is 5.40. The molecule has 0 aromatic carbocycles. The van der Waals surface area contributed by atoms with Crippen LogP contribution >= 0.6 is 0 Å². The van der Waals surface area contributed by atoms with Crippen LogP contribution < -0.4 is 10.6 Å². The summed E-state index contributed by atoms with van der Waals surface area (Å²) in [6.45, 7) is 7.35. The van der Waals surface area contributed by atoms with Gasteiger partial charge >= 0.3 is 0 Å². The van der Waals surface area contributed by atoms with E-state index in [1.54, 1.807) is 14.0 Å². The van der Waals surface area contributed by atoms with Gasteiger partial charge in [0.05, 0.1) is 6.54 Å². The number of likely N-dealkylation sites (N-methyl/N-ethyl adjacent to an activating group) is 2. The van der Waals surface area contributed by atoms with Crippen LogP contribution in [0.3, 0.4) is 0 Å². The number of nitrogens with one attached hydrogen (secondary N) is 2. The molecular formula is C23H37N7O3. The number of hydrogen-bond acceptors (Lipinski definition) is 6. The molecule has 10 nitrogen and oxygen atoms in total. The van der Waals surface area contributed by atoms with Crippen molar-refractivity contribution >= 4 is 17.7 Å². The second-order valence-corrected chi connectivity index (χ2v) is 9.92. The monoisotopic (exact) mass is 459 g/mol. The Bertz CT molecular complexity index is 887. The van der Waals surface area contributed by atoms with Crippen LogP contribution in [-0.2, 0) is 11.3 Å². The van der Waals surface area contributed by atoms with E-state index in [2.05, 4.69) is 32.6 Å². The Morgan fingerprint density at radius 2 is 1.82 bits per heavy atom. The molecule has 3 amide bonds. The fraction of sp³-hybridized carbons (Fsp3) is 0.739. The number of nitrogens with zero attached hydrogens (tertiary/aromatic N) is 5. The number of rotatable bonds is 6. The van der Waals surface area contributed by atoms with E-state index in [0.29, 0.717) is 12.2 Å². The van der Waals surface area contributed by atoms with E-state index < -0.39 is 5.54 Å². The second kappa shape index (κ2) is 9.80. The smallest absolute Gasteiger partial charge is 0.272 e. The molecule has 1 aliphatic carbocycles. The minimum Gasteiger partial charge on any atom is -0.351 e. The highest BCUT2D eigenvalue weighted by atomic mass is 16.2. The minimum atomic E-state index is -1.05. The lowest BCUT2D eigenvalue weighted by molar-refractivity contribution is -0.133. The average molecular weight is 460 g/mol. The number of carbonyl (C=O) groups excluding carboxylic acids is 3. The third-order valence-electron chi connectivity index (χ3n) is 7.47. The van der Waals surface area contributed by atoms with Crippen LogP contribution in [0.5, 0.6) is 0 Å². The van der Waals surface area contributed by atoms with E-state index in [4.69, 9.17) is 0 Å². The van der Waals surface area contributed by atoms with Gasteiger partial charge in [0.15, 0.2) is 5.69 Å². The first-order chi connectivity index (χ1) is 15.8. The molecule has 2 aliphatic heterocycles. The summed E-state index contributed by atoms with van der Waals surface area (Å²) < 4.78 is 1.51. The summed E-state index contributed by atoms with van der Waals surface area (Å²) in [5.41, 5.74) is -0.505. The molecule has 1 saturated heterocycles. The van der Waals surface area contributed by atoms with Gasteiger partial charge in [0.2, 0.25) is 5.91 Å². The van der Waals surface area contributed by atoms with E-state index in [1.807, 2.05) is 0 Å². The van der Waals surface area contributed by atoms with Crippen molar-refractivity contribution in [3.63, 3.8) is 0 Å². The zero-order valence-electron chi connectivity index (χ0n) is 20.1. The molecule has 1 saturated carbocycles. The summed E-state index contributed by atoms with van der Waals surface area (Å²) in [5, 5.41) is 10.4. The molecule has 1 atom stereocenters. The number of hydrogen-bond donors (Lipinski definition) is 2. The fourth-order valence-electron chi connectivity index (χ4n) is 4.92. The maximum Gasteiger partial charge on any atom is 0.272 e. The largest absolute Gasteiger partial charge is 0.351 e. The van der Waals surface area contributed by atoms with E-state index in [1.165, 1.54) is 22.1 Å². The molecule has 0 bridgehead atoms. The normalized spacial score (nSPS) is 25.1. The Morgan fingerprint density at radius 3 is 2.52 bits per heavy atom. The van der Waals surface area contributed by atoms with Crippen LogP contribution in [-0.4, -0.2) is 107 Å². The van der Waals surface area contributed by atoms with Crippen molar-refractivity contribution in [1.82, 2.24) is 35.1 Å². The highest BCUT2D eigenvalue weighted by Crippen LogP contribution is 2.27. The quantitative estimate of drug-likeness (QED) is 0.628. The third kappa shape index (κ3) is 5.06. The summed E-state index contributed by atoms with van der Waals surface area (Å²) in [6, 6.07) is 1.69. The van der Waals surface area contributed by atoms with Gasteiger partial charge in [0.25, 0.3) is 11.8 Å². The van der Waals surface area contributed by atoms with Crippen molar-refractivity contribution in [2.45, 2.75) is 57.2 Å². The standard InChI is InChI=1S/C23H37N7O3/c1-23(22(33)25-17-7-5-4-6-8-17)16-30-19(21(32)28(23)3)15-18(26-30)20(31)24-9-10-29-13-11-27(2)12-14-29/h15,17H,4-14,16H2,1-3H3,(H,24,31)(H,25,33)/t23-/m1/s1. The number of fused-ring (bicyclic) bond motifs is 1. The number of piperazine rings is 1. The van der Waals surface area contributed by atoms with Gasteiger partial charge in [-0.15, -0.1) is 0 Å². The summed E-state index contributed by atoms with van der Waals surface area (Å²) in [7, 11) is 3.76. The van der Waals surface area contributed by atoms with Crippen molar-refractivity contribution in [2.75, 3.05) is 53.4 Å². The van der Waals surface area contributed by atoms with E-state index in [-0.39, 0.29) is 36.0 Å². The van der Waals surface area contributed by atoms with Gasteiger partial charge in [-0.05, 0) is 26.8 Å². The molecule has 1 aromatic heterocycles. The Kier molecular flexibility index (Phi) is 7.04. The predicted octanol–water partition coefficient (Wildman–Crippen LogP) is 0.154. The molecule has 2 N–H and O–H groups in total. The van der Waals surface area contributed by atoms with Crippen LogP contribution in [0, 0.1) is 0 Å². The van der Waals surface area contributed by atoms with Gasteiger partial charge in [0.1, 0.15) is 11.2 Å². The summed E-state index contributed by atoms with van der Waals surface area (Å²) >= 11 is 0. The number of aromatic nitrogens is 2. The van der Waals surface area contributed by atoms with Crippen molar-refractivity contribution in [2.24, 2.45) is 0 Å². The maximum absolute atomic E-state index is 13.2. The topological polar surface area (TPSA) is 103 Å². The van der Waals surface area contributed by atoms with Crippen LogP contribution in [0.4, 0.5) is 0 Å². The van der Waals surface area contributed by atoms with Crippen LogP contribution in [0.1, 0.15) is 60.0 Å². The molecule has 2 fully saturated rings. The molecule has 33 heavy (non-hydrogen) atoms. The second-order valence-electron chi connectivity index (χ2n) is 9.92. The van der Waals surface area contributed by atoms with Crippen molar-refractivity contribution in [3.8, 4) is 0 Å². The zero-order valence-corrected chi connectivity index (χ0v) is 20.1. The van der Waals surface area contributed by atoms with Gasteiger partial charge in [-0.3, -0.25) is 24.0 Å². The SMILES string of the molecule is CN1CCN(CCNC(=O)c2cc3n(n2)C[C@](C)(C(=O)NC2CCCCC2)N(C)C3=O)CC1. The van der Waals surface area contributed by atoms with Gasteiger partial charge in [-0.2, -0.15) is 5.10 Å². The lowest BCUT2D eigenvalue weighted by Crippen LogP contribution is -2.63. The fourth-order valence-corrected chi connectivity index (χ4v) is 4.92. The summed E-state index contributed by atoms with van der Waals surface area (Å²) in [4.78, 5) is 45.0. The first-order valence-electron chi connectivity index (χ1n) is 12.1. The Labute approximate surface area is 195 Å². The molecule has 4 rings (SSSR count). The molecule has 182 valence electrons. The van der Waals surface area contributed by atoms with E-state index in [0.717, 1.165) is 58.4 Å². The first kappa shape index (κ1) is 23.7. The Hall–Kier alpha value is -2.46. The zero-order chi connectivity index (χ0) is 23.6. The lowest BCUT2D eigenvalue weighted by atomic mass is 9.92. The van der Waals surface area contributed by atoms with Crippen LogP contribution in [0.2, 0.25) is 0 Å². The van der Waals surface area contributed by atoms with Crippen molar-refractivity contribution in [1.29, 1.82) is 0 Å². The number of amides is 3. The van der Waals surface area contributed by atoms with Crippen LogP contribution in [0.25, 0.3) is 0 Å². The van der Waals surface area contributed by atoms with Crippen LogP contribution in [0.15, 0.2) is 6.07 Å². The Morgan fingerprint density at radius 1 is 1.12 bits per heavy atom. The highest BCUT2D eigenvalue weighted by molar-refractivity contribution is 6.01. The molecule has 0 spiro atoms. The van der Waals surface area contributed by atoms with Gasteiger partial charge < -0.3 is 20.4 Å². The van der Waals surface area contributed by atoms with Gasteiger partial charge in [-0.1, -0.05) is 19.3 Å². The molecule has 0 radical (unpaired) electrons. The first-order valence-corrected chi connectivity index (χ1v) is 12.1. The maximum atomic E-state index is 13.2.